The van der Waals surface area contributed by atoms with E-state index in [1.807, 2.05) is 12.1 Å². The molecule has 1 heterocycles. The Bertz CT molecular complexity index is 634. The van der Waals surface area contributed by atoms with Gasteiger partial charge in [-0.25, -0.2) is 9.37 Å². The number of benzene rings is 1. The van der Waals surface area contributed by atoms with E-state index in [4.69, 9.17) is 11.0 Å². The molecule has 0 saturated heterocycles. The molecule has 0 aliphatic rings. The van der Waals surface area contributed by atoms with Crippen molar-refractivity contribution < 1.29 is 4.39 Å². The maximum Gasteiger partial charge on any atom is 0.153 e. The van der Waals surface area contributed by atoms with E-state index in [0.29, 0.717) is 23.6 Å². The lowest BCUT2D eigenvalue weighted by molar-refractivity contribution is 0.625. The van der Waals surface area contributed by atoms with E-state index < -0.39 is 0 Å². The second-order valence-corrected chi connectivity index (χ2v) is 4.19. The van der Waals surface area contributed by atoms with Crippen LogP contribution in [0, 0.1) is 17.1 Å². The van der Waals surface area contributed by atoms with Crippen LogP contribution in [0.4, 0.5) is 15.9 Å². The van der Waals surface area contributed by atoms with Gasteiger partial charge in [-0.15, -0.1) is 0 Å². The Kier molecular flexibility index (Phi) is 3.62. The third-order valence-electron chi connectivity index (χ3n) is 2.76. The predicted molar refractivity (Wildman–Crippen MR) is 71.9 cm³/mol. The molecule has 0 saturated carbocycles. The maximum absolute atomic E-state index is 13.1. The molecule has 19 heavy (non-hydrogen) atoms. The van der Waals surface area contributed by atoms with Crippen LogP contribution in [0.1, 0.15) is 11.1 Å². The fourth-order valence-corrected chi connectivity index (χ4v) is 1.85. The van der Waals surface area contributed by atoms with Crippen molar-refractivity contribution in [2.75, 3.05) is 17.7 Å². The molecule has 96 valence electrons. The van der Waals surface area contributed by atoms with Crippen LogP contribution in [0.5, 0.6) is 0 Å². The number of nitrogens with zero attached hydrogens (tertiary/aromatic N) is 3. The monoisotopic (exact) mass is 256 g/mol. The summed E-state index contributed by atoms with van der Waals surface area (Å²) in [4.78, 5) is 5.94. The van der Waals surface area contributed by atoms with Crippen molar-refractivity contribution in [1.29, 1.82) is 5.26 Å². The van der Waals surface area contributed by atoms with E-state index in [1.54, 1.807) is 24.1 Å². The minimum atomic E-state index is -0.280. The lowest BCUT2D eigenvalue weighted by atomic mass is 10.2. The number of pyridine rings is 1. The summed E-state index contributed by atoms with van der Waals surface area (Å²) in [5.41, 5.74) is 7.41. The average molecular weight is 256 g/mol. The highest BCUT2D eigenvalue weighted by molar-refractivity contribution is 5.69. The van der Waals surface area contributed by atoms with Crippen molar-refractivity contribution in [2.24, 2.45) is 0 Å². The van der Waals surface area contributed by atoms with Crippen molar-refractivity contribution in [3.63, 3.8) is 0 Å². The molecule has 0 unspecified atom stereocenters. The number of anilines is 2. The Morgan fingerprint density at radius 1 is 1.42 bits per heavy atom. The van der Waals surface area contributed by atoms with E-state index in [9.17, 15) is 4.39 Å². The van der Waals surface area contributed by atoms with Gasteiger partial charge in [0.15, 0.2) is 5.82 Å². The molecule has 5 heteroatoms. The van der Waals surface area contributed by atoms with E-state index in [-0.39, 0.29) is 5.82 Å². The van der Waals surface area contributed by atoms with Gasteiger partial charge in [0.25, 0.3) is 0 Å². The zero-order valence-electron chi connectivity index (χ0n) is 10.5. The fraction of sp³-hybridized carbons (Fsp3) is 0.143. The second-order valence-electron chi connectivity index (χ2n) is 4.19. The molecular weight excluding hydrogens is 243 g/mol. The van der Waals surface area contributed by atoms with Crippen LogP contribution < -0.4 is 10.6 Å². The first-order chi connectivity index (χ1) is 9.11. The quantitative estimate of drug-likeness (QED) is 0.915. The topological polar surface area (TPSA) is 65.9 Å². The minimum absolute atomic E-state index is 0.280. The summed E-state index contributed by atoms with van der Waals surface area (Å²) in [7, 11) is 1.80. The fourth-order valence-electron chi connectivity index (χ4n) is 1.85. The summed E-state index contributed by atoms with van der Waals surface area (Å²) in [6, 6.07) is 9.91. The second kappa shape index (κ2) is 5.36. The van der Waals surface area contributed by atoms with Gasteiger partial charge in [0.2, 0.25) is 0 Å². The molecule has 0 atom stereocenters. The van der Waals surface area contributed by atoms with E-state index >= 15 is 0 Å². The van der Waals surface area contributed by atoms with Gasteiger partial charge < -0.3 is 10.6 Å². The Morgan fingerprint density at radius 2 is 2.21 bits per heavy atom. The van der Waals surface area contributed by atoms with E-state index in [0.717, 1.165) is 5.56 Å². The number of rotatable bonds is 3. The molecule has 0 fully saturated rings. The molecule has 0 aliphatic carbocycles. The number of halogens is 1. The molecule has 0 radical (unpaired) electrons. The lowest BCUT2D eigenvalue weighted by Gasteiger charge is -2.20. The number of hydrogen-bond donors (Lipinski definition) is 1. The van der Waals surface area contributed by atoms with E-state index in [1.165, 1.54) is 18.3 Å². The molecule has 2 rings (SSSR count). The van der Waals surface area contributed by atoms with E-state index in [2.05, 4.69) is 4.98 Å². The molecule has 1 aromatic carbocycles. The number of nitriles is 1. The predicted octanol–water partition coefficient (Wildman–Crippen LogP) is 2.31. The highest BCUT2D eigenvalue weighted by Gasteiger charge is 2.11. The average Bonchev–Trinajstić information content (AvgIpc) is 2.39. The summed E-state index contributed by atoms with van der Waals surface area (Å²) in [6.07, 6.45) is 1.53. The molecule has 4 nitrogen and oxygen atoms in total. The van der Waals surface area contributed by atoms with Gasteiger partial charge in [-0.2, -0.15) is 5.26 Å². The molecule has 2 aromatic rings. The van der Waals surface area contributed by atoms with Crippen molar-refractivity contribution in [3.05, 3.63) is 53.5 Å². The number of nitrogen functional groups attached to an aromatic ring is 1. The molecule has 0 aliphatic heterocycles. The molecule has 0 spiro atoms. The summed E-state index contributed by atoms with van der Waals surface area (Å²) in [6.45, 7) is 0.462. The highest BCUT2D eigenvalue weighted by atomic mass is 19.1. The first-order valence-electron chi connectivity index (χ1n) is 5.72. The van der Waals surface area contributed by atoms with Crippen LogP contribution in [0.15, 0.2) is 36.5 Å². The number of hydrogen-bond acceptors (Lipinski definition) is 4. The first-order valence-corrected chi connectivity index (χ1v) is 5.72. The third kappa shape index (κ3) is 2.80. The van der Waals surface area contributed by atoms with Gasteiger partial charge >= 0.3 is 0 Å². The lowest BCUT2D eigenvalue weighted by Crippen LogP contribution is -2.19. The van der Waals surface area contributed by atoms with Gasteiger partial charge in [0, 0.05) is 19.8 Å². The SMILES string of the molecule is CN(Cc1cccc(F)c1)c1nccc(C#N)c1N. The van der Waals surface area contributed by atoms with Gasteiger partial charge in [-0.05, 0) is 23.8 Å². The largest absolute Gasteiger partial charge is 0.395 e. The summed E-state index contributed by atoms with van der Waals surface area (Å²) < 4.78 is 13.1. The Balaban J connectivity index is 2.26. The van der Waals surface area contributed by atoms with Gasteiger partial charge in [0.05, 0.1) is 11.3 Å². The van der Waals surface area contributed by atoms with Crippen molar-refractivity contribution in [1.82, 2.24) is 4.98 Å². The van der Waals surface area contributed by atoms with Crippen molar-refractivity contribution in [3.8, 4) is 6.07 Å². The first kappa shape index (κ1) is 12.8. The van der Waals surface area contributed by atoms with Crippen LogP contribution in [0.3, 0.4) is 0 Å². The molecular formula is C14H13FN4. The normalized spacial score (nSPS) is 9.95. The Hall–Kier alpha value is -2.61. The van der Waals surface area contributed by atoms with Crippen LogP contribution in [-0.2, 0) is 6.54 Å². The van der Waals surface area contributed by atoms with Gasteiger partial charge in [-0.3, -0.25) is 0 Å². The smallest absolute Gasteiger partial charge is 0.153 e. The van der Waals surface area contributed by atoms with Crippen molar-refractivity contribution >= 4 is 11.5 Å². The Morgan fingerprint density at radius 3 is 2.89 bits per heavy atom. The minimum Gasteiger partial charge on any atom is -0.395 e. The maximum atomic E-state index is 13.1. The van der Waals surface area contributed by atoms with Crippen LogP contribution in [-0.4, -0.2) is 12.0 Å². The third-order valence-corrected chi connectivity index (χ3v) is 2.76. The zero-order valence-corrected chi connectivity index (χ0v) is 10.5. The number of nitrogens with two attached hydrogens (primary N) is 1. The molecule has 1 aromatic heterocycles. The van der Waals surface area contributed by atoms with Crippen LogP contribution in [0.2, 0.25) is 0 Å². The van der Waals surface area contributed by atoms with Gasteiger partial charge in [0.1, 0.15) is 11.9 Å². The standard InChI is InChI=1S/C14H13FN4/c1-19(9-10-3-2-4-12(15)7-10)14-13(17)11(8-16)5-6-18-14/h2-7H,9,17H2,1H3. The van der Waals surface area contributed by atoms with Gasteiger partial charge in [-0.1, -0.05) is 12.1 Å². The molecule has 2 N–H and O–H groups in total. The zero-order chi connectivity index (χ0) is 13.8. The highest BCUT2D eigenvalue weighted by Crippen LogP contribution is 2.23. The van der Waals surface area contributed by atoms with Crippen LogP contribution in [0.25, 0.3) is 0 Å². The Labute approximate surface area is 110 Å². The summed E-state index contributed by atoms with van der Waals surface area (Å²) in [5, 5.41) is 8.92. The van der Waals surface area contributed by atoms with Crippen LogP contribution >= 0.6 is 0 Å². The summed E-state index contributed by atoms with van der Waals surface area (Å²) in [5.74, 6) is 0.237. The number of aromatic nitrogens is 1. The van der Waals surface area contributed by atoms with Crippen molar-refractivity contribution in [2.45, 2.75) is 6.54 Å². The molecule has 0 amide bonds. The summed E-state index contributed by atoms with van der Waals surface area (Å²) >= 11 is 0. The molecule has 0 bridgehead atoms.